The normalized spacial score (nSPS) is 13.1. The van der Waals surface area contributed by atoms with Crippen molar-refractivity contribution in [1.29, 1.82) is 0 Å². The van der Waals surface area contributed by atoms with Gasteiger partial charge in [-0.1, -0.05) is 27.7 Å². The Labute approximate surface area is 148 Å². The van der Waals surface area contributed by atoms with Crippen molar-refractivity contribution >= 4 is 33.7 Å². The van der Waals surface area contributed by atoms with Gasteiger partial charge in [0.2, 0.25) is 0 Å². The molecular weight excluding hydrogens is 411 g/mol. The number of carbonyl (C=O) groups is 1. The molecule has 10 heteroatoms. The van der Waals surface area contributed by atoms with Gasteiger partial charge in [0.25, 0.3) is 0 Å². The number of halogens is 4. The van der Waals surface area contributed by atoms with Gasteiger partial charge in [-0.25, -0.2) is 0 Å². The van der Waals surface area contributed by atoms with Crippen LogP contribution < -0.4 is 5.73 Å². The first kappa shape index (κ1) is 18.8. The number of carboxylic acids is 1. The minimum Gasteiger partial charge on any atom is -0.481 e. The van der Waals surface area contributed by atoms with Crippen molar-refractivity contribution < 1.29 is 23.1 Å². The van der Waals surface area contributed by atoms with E-state index in [1.807, 2.05) is 0 Å². The Morgan fingerprint density at radius 2 is 2.00 bits per heavy atom. The number of nitrogens with zero attached hydrogens (tertiary/aromatic N) is 2. The second-order valence-corrected chi connectivity index (χ2v) is 6.93. The molecule has 0 saturated heterocycles. The summed E-state index contributed by atoms with van der Waals surface area (Å²) in [6.45, 7) is 0. The maximum absolute atomic E-state index is 13.2. The molecule has 0 spiro atoms. The van der Waals surface area contributed by atoms with Crippen LogP contribution in [0.1, 0.15) is 23.7 Å². The first-order valence-corrected chi connectivity index (χ1v) is 8.25. The lowest BCUT2D eigenvalue weighted by Crippen LogP contribution is -2.20. The lowest BCUT2D eigenvalue weighted by atomic mass is 10.1. The molecule has 130 valence electrons. The fraction of sp³-hybridized carbons (Fsp3) is 0.286. The maximum Gasteiger partial charge on any atom is 0.435 e. The summed E-state index contributed by atoms with van der Waals surface area (Å²) in [6, 6.07) is 5.63. The van der Waals surface area contributed by atoms with E-state index in [1.54, 1.807) is 24.3 Å². The molecule has 0 aliphatic carbocycles. The van der Waals surface area contributed by atoms with Crippen LogP contribution in [0.25, 0.3) is 0 Å². The third kappa shape index (κ3) is 4.31. The van der Waals surface area contributed by atoms with Gasteiger partial charge in [-0.05, 0) is 24.3 Å². The van der Waals surface area contributed by atoms with Crippen molar-refractivity contribution in [2.75, 3.05) is 0 Å². The summed E-state index contributed by atoms with van der Waals surface area (Å²) in [5, 5.41) is 12.5. The van der Waals surface area contributed by atoms with Gasteiger partial charge in [-0.2, -0.15) is 18.3 Å². The van der Waals surface area contributed by atoms with E-state index in [-0.39, 0.29) is 10.6 Å². The number of aliphatic carboxylic acids is 1. The minimum absolute atomic E-state index is 0.165. The van der Waals surface area contributed by atoms with Crippen LogP contribution in [0.4, 0.5) is 13.2 Å². The molecule has 0 saturated carbocycles. The Bertz CT molecular complexity index is 747. The van der Waals surface area contributed by atoms with Crippen LogP contribution >= 0.6 is 27.7 Å². The van der Waals surface area contributed by atoms with E-state index in [0.717, 1.165) is 20.9 Å². The topological polar surface area (TPSA) is 81.1 Å². The molecule has 1 atom stereocenters. The fourth-order valence-electron chi connectivity index (χ4n) is 2.09. The summed E-state index contributed by atoms with van der Waals surface area (Å²) >= 11 is 4.33. The number of hydrogen-bond donors (Lipinski definition) is 2. The number of benzene rings is 1. The molecule has 1 heterocycles. The molecule has 0 fully saturated rings. The van der Waals surface area contributed by atoms with Crippen LogP contribution in [0.3, 0.4) is 0 Å². The van der Waals surface area contributed by atoms with E-state index >= 15 is 0 Å². The molecule has 0 radical (unpaired) electrons. The van der Waals surface area contributed by atoms with Gasteiger partial charge in [0, 0.05) is 28.0 Å². The number of aromatic nitrogens is 2. The van der Waals surface area contributed by atoms with Crippen LogP contribution in [-0.4, -0.2) is 20.9 Å². The Kier molecular flexibility index (Phi) is 5.61. The number of carboxylic acid groups (broad SMARTS) is 1. The number of hydrogen-bond acceptors (Lipinski definition) is 4. The number of aryl methyl sites for hydroxylation is 1. The van der Waals surface area contributed by atoms with E-state index in [0.29, 0.717) is 4.90 Å². The largest absolute Gasteiger partial charge is 0.481 e. The van der Waals surface area contributed by atoms with E-state index in [4.69, 9.17) is 10.8 Å². The number of alkyl halides is 3. The summed E-state index contributed by atoms with van der Waals surface area (Å²) in [6.07, 6.45) is -5.34. The van der Waals surface area contributed by atoms with Crippen LogP contribution in [0, 0.1) is 0 Å². The van der Waals surface area contributed by atoms with E-state index in [9.17, 15) is 18.0 Å². The predicted molar refractivity (Wildman–Crippen MR) is 85.7 cm³/mol. The average Bonchev–Trinajstić information content (AvgIpc) is 2.78. The standard InChI is InChI=1S/C14H13BrF3N3O2S/c1-21-13(24-8-4-2-7(15)3-5-8)11(9(19)6-10(22)23)12(20-21)14(16,17)18/h2-5,9H,6,19H2,1H3,(H,22,23). The SMILES string of the molecule is Cn1nc(C(F)(F)F)c(C(N)CC(=O)O)c1Sc1ccc(Br)cc1. The second kappa shape index (κ2) is 7.16. The third-order valence-corrected chi connectivity index (χ3v) is 4.81. The van der Waals surface area contributed by atoms with Crippen LogP contribution in [0.5, 0.6) is 0 Å². The molecule has 0 bridgehead atoms. The van der Waals surface area contributed by atoms with Gasteiger partial charge in [-0.3, -0.25) is 9.48 Å². The van der Waals surface area contributed by atoms with E-state index in [2.05, 4.69) is 21.0 Å². The molecule has 1 aromatic carbocycles. The zero-order chi connectivity index (χ0) is 18.1. The van der Waals surface area contributed by atoms with Crippen molar-refractivity contribution in [2.24, 2.45) is 12.8 Å². The molecule has 2 rings (SSSR count). The molecular formula is C14H13BrF3N3O2S. The molecule has 0 aliphatic heterocycles. The molecule has 1 aromatic heterocycles. The summed E-state index contributed by atoms with van der Waals surface area (Å²) in [7, 11) is 1.37. The Balaban J connectivity index is 2.51. The summed E-state index contributed by atoms with van der Waals surface area (Å²) in [5.41, 5.74) is 4.27. The van der Waals surface area contributed by atoms with E-state index < -0.39 is 30.3 Å². The quantitative estimate of drug-likeness (QED) is 0.763. The van der Waals surface area contributed by atoms with Gasteiger partial charge in [0.15, 0.2) is 5.69 Å². The Morgan fingerprint density at radius 3 is 2.50 bits per heavy atom. The number of nitrogens with two attached hydrogens (primary N) is 1. The zero-order valence-electron chi connectivity index (χ0n) is 12.3. The molecule has 1 unspecified atom stereocenters. The smallest absolute Gasteiger partial charge is 0.435 e. The van der Waals surface area contributed by atoms with Gasteiger partial charge in [0.1, 0.15) is 5.03 Å². The monoisotopic (exact) mass is 423 g/mol. The Morgan fingerprint density at radius 1 is 1.42 bits per heavy atom. The van der Waals surface area contributed by atoms with Crippen LogP contribution in [-0.2, 0) is 18.0 Å². The van der Waals surface area contributed by atoms with Gasteiger partial charge < -0.3 is 10.8 Å². The second-order valence-electron chi connectivity index (χ2n) is 4.95. The van der Waals surface area contributed by atoms with Gasteiger partial charge in [-0.15, -0.1) is 0 Å². The average molecular weight is 424 g/mol. The third-order valence-electron chi connectivity index (χ3n) is 3.09. The molecule has 2 aromatic rings. The zero-order valence-corrected chi connectivity index (χ0v) is 14.7. The molecule has 0 amide bonds. The van der Waals surface area contributed by atoms with Crippen molar-refractivity contribution in [2.45, 2.75) is 28.6 Å². The Hall–Kier alpha value is -1.52. The highest BCUT2D eigenvalue weighted by molar-refractivity contribution is 9.10. The number of rotatable bonds is 5. The highest BCUT2D eigenvalue weighted by Crippen LogP contribution is 2.41. The van der Waals surface area contributed by atoms with Gasteiger partial charge in [0.05, 0.1) is 6.42 Å². The maximum atomic E-state index is 13.2. The predicted octanol–water partition coefficient (Wildman–Crippen LogP) is 3.83. The lowest BCUT2D eigenvalue weighted by molar-refractivity contribution is -0.143. The van der Waals surface area contributed by atoms with Crippen molar-refractivity contribution in [3.05, 3.63) is 40.0 Å². The molecule has 3 N–H and O–H groups in total. The molecule has 24 heavy (non-hydrogen) atoms. The summed E-state index contributed by atoms with van der Waals surface area (Å²) in [5.74, 6) is -1.28. The van der Waals surface area contributed by atoms with Crippen LogP contribution in [0.2, 0.25) is 0 Å². The molecule has 5 nitrogen and oxygen atoms in total. The summed E-state index contributed by atoms with van der Waals surface area (Å²) in [4.78, 5) is 11.5. The lowest BCUT2D eigenvalue weighted by Gasteiger charge is -2.14. The van der Waals surface area contributed by atoms with Crippen molar-refractivity contribution in [1.82, 2.24) is 9.78 Å². The van der Waals surface area contributed by atoms with Gasteiger partial charge >= 0.3 is 12.1 Å². The van der Waals surface area contributed by atoms with Crippen molar-refractivity contribution in [3.63, 3.8) is 0 Å². The first-order valence-electron chi connectivity index (χ1n) is 6.64. The fourth-order valence-corrected chi connectivity index (χ4v) is 3.38. The van der Waals surface area contributed by atoms with E-state index in [1.165, 1.54) is 7.05 Å². The first-order chi connectivity index (χ1) is 11.1. The summed E-state index contributed by atoms with van der Waals surface area (Å²) < 4.78 is 41.6. The van der Waals surface area contributed by atoms with Crippen molar-refractivity contribution in [3.8, 4) is 0 Å². The highest BCUT2D eigenvalue weighted by Gasteiger charge is 2.41. The van der Waals surface area contributed by atoms with Crippen LogP contribution in [0.15, 0.2) is 38.7 Å². The minimum atomic E-state index is -4.72. The highest BCUT2D eigenvalue weighted by atomic mass is 79.9. The molecule has 0 aliphatic rings.